The molecule has 0 fully saturated rings. The maximum Gasteiger partial charge on any atom is 0 e. The van der Waals surface area contributed by atoms with Gasteiger partial charge in [-0.15, -0.1) is 24.8 Å². The Morgan fingerprint density at radius 2 is 0.805 bits per heavy atom. The van der Waals surface area contributed by atoms with E-state index < -0.39 is 80.5 Å². The molecule has 1 unspecified atom stereocenters. The van der Waals surface area contributed by atoms with E-state index in [9.17, 15) is 85.7 Å². The summed E-state index contributed by atoms with van der Waals surface area (Å²) in [6.45, 7) is 9.41. The minimum absolute atomic E-state index is 0. The second-order valence-corrected chi connectivity index (χ2v) is 29.4. The minimum atomic E-state index is -3.04. The summed E-state index contributed by atoms with van der Waals surface area (Å²) in [7, 11) is 16.7. The van der Waals surface area contributed by atoms with E-state index in [1.807, 2.05) is 51.2 Å². The molecule has 0 aliphatic heterocycles. The molecule has 0 saturated carbocycles. The third kappa shape index (κ3) is 42.3. The molecule has 0 amide bonds. The molecule has 3 aromatic heterocycles. The number of aromatic nitrogens is 3. The van der Waals surface area contributed by atoms with Crippen LogP contribution in [0.5, 0.6) is 0 Å². The van der Waals surface area contributed by atoms with Gasteiger partial charge in [-0.3, -0.25) is 98.0 Å². The molecule has 17 N–H and O–H groups in total. The molecule has 11 rings (SSSR count). The number of nitrogens with one attached hydrogen (secondary N) is 6. The van der Waals surface area contributed by atoms with Crippen LogP contribution in [0.25, 0.3) is 32.7 Å². The summed E-state index contributed by atoms with van der Waals surface area (Å²) in [5.41, 5.74) is 31.8. The zero-order valence-electron chi connectivity index (χ0n) is 59.3. The molecule has 113 heavy (non-hydrogen) atoms. The molecule has 0 spiro atoms. The van der Waals surface area contributed by atoms with Gasteiger partial charge < -0.3 is 52.7 Å². The van der Waals surface area contributed by atoms with Crippen molar-refractivity contribution < 1.29 is 65.0 Å². The number of nitro benzene ring substituents is 8. The van der Waals surface area contributed by atoms with Crippen LogP contribution in [0.2, 0.25) is 0 Å². The Morgan fingerprint density at radius 3 is 1.16 bits per heavy atom. The van der Waals surface area contributed by atoms with Gasteiger partial charge in [-0.1, -0.05) is 56.3 Å². The van der Waals surface area contributed by atoms with Crippen LogP contribution in [0.1, 0.15) is 44.8 Å². The number of hydrogen-bond donors (Lipinski definition) is 12. The quantitative estimate of drug-likeness (QED) is 0.00522. The van der Waals surface area contributed by atoms with Crippen LogP contribution in [-0.4, -0.2) is 110 Å². The molecule has 3 heterocycles. The molecule has 4 radical (unpaired) electrons. The van der Waals surface area contributed by atoms with Gasteiger partial charge in [0.1, 0.15) is 6.29 Å². The van der Waals surface area contributed by atoms with Gasteiger partial charge >= 0.3 is 81.7 Å². The van der Waals surface area contributed by atoms with Gasteiger partial charge in [0.05, 0.1) is 84.3 Å². The van der Waals surface area contributed by atoms with Gasteiger partial charge in [0.15, 0.2) is 0 Å². The molecule has 0 bridgehead atoms. The second kappa shape index (κ2) is 59.7. The number of benzene rings is 8. The average molecular weight is 1930 g/mol. The van der Waals surface area contributed by atoms with Gasteiger partial charge in [-0.2, -0.15) is 5.10 Å². The monoisotopic (exact) mass is 1930 g/mol. The Hall–Kier alpha value is -11.0. The SMILES string of the molecule is CC/C=N/Nc1cccc([N+](=O)[O-])c1.CCC=O.Cc1c[nH]c2cc(N)ccc12.Cc1c[nH]c2cc([N+](=O)[O-])cc([N+](=O)[O-])c12.Cc1c[nH]c2cccc([N+](=O)[O-])c12.Cl.Cl.NNc1cccc([N+](=O)[O-])c1.NNc1cccc([N+](=O)[O-])c1.Nc1cccc([N+](=O)[O-])c1.Nc1cccc([N+](=O)[O-])c1.O=[P+]([O-])OO.[Cl][Sn][Cl].[Cl][Sn][Cl].[HH]. The molecular formula is C63H73Cl6N20O21PSn2. The van der Waals surface area contributed by atoms with Crippen molar-refractivity contribution in [1.82, 2.24) is 15.0 Å². The number of hydrazone groups is 1. The van der Waals surface area contributed by atoms with Crippen molar-refractivity contribution in [1.29, 1.82) is 0 Å². The number of nitro groups is 8. The predicted molar refractivity (Wildman–Crippen MR) is 445 cm³/mol. The average Bonchev–Trinajstić information content (AvgIpc) is 1.62. The van der Waals surface area contributed by atoms with E-state index in [0.717, 1.165) is 41.1 Å². The summed E-state index contributed by atoms with van der Waals surface area (Å²) in [6, 6.07) is 43.1. The Labute approximate surface area is 689 Å². The Kier molecular flexibility index (Phi) is 56.1. The van der Waals surface area contributed by atoms with E-state index in [0.29, 0.717) is 56.7 Å². The number of anilines is 6. The molecule has 8 aromatic carbocycles. The van der Waals surface area contributed by atoms with Crippen molar-refractivity contribution in [3.05, 3.63) is 286 Å². The number of hydrazine groups is 2. The van der Waals surface area contributed by atoms with Crippen molar-refractivity contribution in [2.24, 2.45) is 16.8 Å². The number of hydrogen-bond acceptors (Lipinski definition) is 30. The van der Waals surface area contributed by atoms with Crippen LogP contribution < -0.4 is 50.1 Å². The third-order valence-electron chi connectivity index (χ3n) is 12.7. The van der Waals surface area contributed by atoms with Gasteiger partial charge in [0, 0.05) is 138 Å². The molecule has 0 aliphatic carbocycles. The van der Waals surface area contributed by atoms with E-state index in [1.54, 1.807) is 92.3 Å². The number of halogens is 6. The number of H-pyrrole nitrogens is 3. The maximum atomic E-state index is 10.8. The zero-order valence-corrected chi connectivity index (χ0v) is 70.5. The Balaban J connectivity index is -0.000000591. The number of aldehydes is 1. The van der Waals surface area contributed by atoms with Crippen LogP contribution in [-0.2, 0) is 14.0 Å². The number of nitrogens with zero attached hydrogens (tertiary/aromatic N) is 9. The summed E-state index contributed by atoms with van der Waals surface area (Å²) in [4.78, 5) is 106. The number of rotatable bonds is 15. The first-order chi connectivity index (χ1) is 52.6. The van der Waals surface area contributed by atoms with Crippen LogP contribution in [0, 0.1) is 102 Å². The van der Waals surface area contributed by atoms with Crippen LogP contribution >= 0.6 is 68.8 Å². The van der Waals surface area contributed by atoms with E-state index in [1.165, 1.54) is 83.7 Å². The molecule has 1 atom stereocenters. The van der Waals surface area contributed by atoms with Crippen molar-refractivity contribution in [3.63, 3.8) is 0 Å². The van der Waals surface area contributed by atoms with Gasteiger partial charge in [0.2, 0.25) is 0 Å². The normalized spacial score (nSPS) is 9.48. The van der Waals surface area contributed by atoms with Gasteiger partial charge in [-0.25, -0.2) is 5.26 Å². The molecule has 0 saturated heterocycles. The fraction of sp³-hybridized carbons (Fsp3) is 0.111. The smallest absolute Gasteiger partial charge is 0 e. The van der Waals surface area contributed by atoms with Gasteiger partial charge in [0.25, 0.3) is 45.5 Å². The van der Waals surface area contributed by atoms with Crippen LogP contribution in [0.3, 0.4) is 0 Å². The number of non-ortho nitro benzene ring substituents is 8. The summed E-state index contributed by atoms with van der Waals surface area (Å²) < 4.78 is 11.6. The number of nitrogens with two attached hydrogens (primary N) is 5. The topological polar surface area (TPSA) is 658 Å². The number of carbonyl (C=O) groups excluding carboxylic acids is 1. The Bertz CT molecular complexity index is 4780. The fourth-order valence-electron chi connectivity index (χ4n) is 8.02. The first-order valence-electron chi connectivity index (χ1n) is 30.3. The summed E-state index contributed by atoms with van der Waals surface area (Å²) in [5.74, 6) is 10.1. The summed E-state index contributed by atoms with van der Waals surface area (Å²) >= 11 is -1.65. The largest absolute Gasteiger partial charge is 0 e. The van der Waals surface area contributed by atoms with E-state index >= 15 is 0 Å². The molecule has 606 valence electrons. The number of aryl methyl sites for hydroxylation is 3. The number of carbonyl (C=O) groups is 1. The summed E-state index contributed by atoms with van der Waals surface area (Å²) in [5, 5.41) is 96.4. The number of nitrogen functional groups attached to an aromatic ring is 5. The molecule has 41 nitrogen and oxygen atoms in total. The van der Waals surface area contributed by atoms with Crippen molar-refractivity contribution >= 4 is 231 Å². The third-order valence-corrected chi connectivity index (χ3v) is 12.8. The predicted octanol–water partition coefficient (Wildman–Crippen LogP) is 16.4. The molecular weight excluding hydrogens is 1850 g/mol. The van der Waals surface area contributed by atoms with E-state index in [-0.39, 0.29) is 76.7 Å². The minimum Gasteiger partial charge on any atom is 0 e. The van der Waals surface area contributed by atoms with Crippen molar-refractivity contribution in [2.45, 2.75) is 47.5 Å². The fourth-order valence-corrected chi connectivity index (χ4v) is 8.02. The van der Waals surface area contributed by atoms with Gasteiger partial charge in [-0.05, 0) is 97.0 Å². The van der Waals surface area contributed by atoms with Crippen molar-refractivity contribution in [2.75, 3.05) is 33.5 Å². The number of aromatic amines is 3. The first kappa shape index (κ1) is 106. The van der Waals surface area contributed by atoms with E-state index in [4.69, 9.17) is 79.3 Å². The molecule has 50 heteroatoms. The maximum absolute atomic E-state index is 10.8. The van der Waals surface area contributed by atoms with Crippen LogP contribution in [0.15, 0.2) is 194 Å². The standard InChI is InChI=1S/C9H7N3O4.C9H11N3O2.C9H8N2O2.C9H10N2.2C6H7N3O2.2C6H6N2O2.C3H6O.6ClH.HO4P.2Sn.H2/c1-5-4-10-7-2-6(11(13)14)3-8(9(5)7)12(15)16;1-2-6-10-11-8-4-3-5-9(7-8)12(13)14;1-6-5-10-7-3-2-4-8(9(6)7)11(12)13;1-6-5-11-9-4-7(10)2-3-8(6)9;2*7-8-5-2-1-3-6(4-5)9(10)11;2*7-5-2-1-3-6(4-5)8(9)10;1-2-3-4;;;;;;;1-4-5(2)3;;;/h2-4,10H,1H3;3-7,11H,2H2,1H3;2-5,10H,1H3;2-5,11H,10H2,1H3;2*1-4,8H,7H2;2*1-4H,7H2;3H,2H2,1H3;6*1H;1H;;;1H/q;;;;;;;;;;;;;;;;2*+2;/p-4/b;10-6+;;;;;;;;;;;;;;;;;. The second-order valence-electron chi connectivity index (χ2n) is 20.3. The first-order valence-corrected chi connectivity index (χ1v) is 45.9. The zero-order chi connectivity index (χ0) is 84.3. The van der Waals surface area contributed by atoms with Crippen LogP contribution in [0.4, 0.5) is 79.6 Å². The van der Waals surface area contributed by atoms with E-state index in [2.05, 4.69) is 47.9 Å². The summed E-state index contributed by atoms with van der Waals surface area (Å²) in [6.07, 6.45) is 9.38. The number of fused-ring (bicyclic) bond motifs is 3. The van der Waals surface area contributed by atoms with Crippen molar-refractivity contribution in [3.8, 4) is 0 Å². The molecule has 11 aromatic rings. The molecule has 0 aliphatic rings. The Morgan fingerprint density at radius 1 is 0.469 bits per heavy atom.